The van der Waals surface area contributed by atoms with Crippen LogP contribution in [-0.2, 0) is 24.3 Å². The van der Waals surface area contributed by atoms with Crippen molar-refractivity contribution >= 4 is 33.7 Å². The van der Waals surface area contributed by atoms with E-state index in [1.807, 2.05) is 31.2 Å². The molecular weight excluding hydrogens is 392 g/mol. The van der Waals surface area contributed by atoms with E-state index in [0.717, 1.165) is 15.4 Å². The summed E-state index contributed by atoms with van der Waals surface area (Å²) in [5, 5.41) is 2.56. The number of anilines is 1. The van der Waals surface area contributed by atoms with Crippen molar-refractivity contribution in [2.24, 2.45) is 0 Å². The third-order valence-corrected chi connectivity index (χ3v) is 5.81. The molecule has 0 saturated heterocycles. The predicted octanol–water partition coefficient (Wildman–Crippen LogP) is 2.83. The van der Waals surface area contributed by atoms with Crippen LogP contribution in [0.4, 0.5) is 5.69 Å². The summed E-state index contributed by atoms with van der Waals surface area (Å²) in [6.45, 7) is 3.38. The topological polar surface area (TPSA) is 92.8 Å². The number of aryl methyl sites for hydroxylation is 1. The van der Waals surface area contributed by atoms with E-state index in [-0.39, 0.29) is 10.6 Å². The minimum Gasteiger partial charge on any atom is -0.449 e. The molecule has 7 nitrogen and oxygen atoms in total. The van der Waals surface area contributed by atoms with Crippen molar-refractivity contribution in [3.8, 4) is 0 Å². The van der Waals surface area contributed by atoms with Crippen LogP contribution in [0.5, 0.6) is 0 Å². The number of carbonyl (C=O) groups is 2. The Hall–Kier alpha value is -2.97. The number of carbonyl (C=O) groups excluding carboxylic acids is 2. The normalized spacial score (nSPS) is 12.7. The van der Waals surface area contributed by atoms with Gasteiger partial charge in [0.25, 0.3) is 5.91 Å². The lowest BCUT2D eigenvalue weighted by atomic mass is 10.1. The third kappa shape index (κ3) is 6.27. The molecule has 0 aliphatic rings. The first-order chi connectivity index (χ1) is 13.6. The average Bonchev–Trinajstić information content (AvgIpc) is 2.66. The van der Waals surface area contributed by atoms with E-state index < -0.39 is 28.0 Å². The van der Waals surface area contributed by atoms with E-state index in [2.05, 4.69) is 5.32 Å². The second-order valence-corrected chi connectivity index (χ2v) is 8.78. The molecule has 0 radical (unpaired) electrons. The number of amides is 1. The van der Waals surface area contributed by atoms with E-state index in [0.29, 0.717) is 0 Å². The van der Waals surface area contributed by atoms with Crippen LogP contribution in [0.2, 0.25) is 0 Å². The molecule has 8 heteroatoms. The monoisotopic (exact) mass is 416 g/mol. The second-order valence-electron chi connectivity index (χ2n) is 6.63. The van der Waals surface area contributed by atoms with Gasteiger partial charge in [0.2, 0.25) is 10.0 Å². The number of rotatable bonds is 7. The molecule has 0 fully saturated rings. The van der Waals surface area contributed by atoms with Crippen molar-refractivity contribution in [1.82, 2.24) is 4.31 Å². The first-order valence-electron chi connectivity index (χ1n) is 8.88. The lowest BCUT2D eigenvalue weighted by Crippen LogP contribution is -2.29. The Labute approximate surface area is 171 Å². The van der Waals surface area contributed by atoms with Crippen LogP contribution in [0.25, 0.3) is 6.08 Å². The average molecular weight is 416 g/mol. The van der Waals surface area contributed by atoms with Gasteiger partial charge in [0.15, 0.2) is 6.10 Å². The fraction of sp³-hybridized carbons (Fsp3) is 0.238. The van der Waals surface area contributed by atoms with Gasteiger partial charge in [0, 0.05) is 25.9 Å². The standard InChI is InChI=1S/C21H24N2O5S/c1-15-7-5-8-17(13-15)11-12-20(24)28-16(2)21(25)22-18-9-6-10-19(14-18)29(26,27)23(3)4/h5-14,16H,1-4H3,(H,22,25)/b12-11+/t16-/m1/s1. The second kappa shape index (κ2) is 9.49. The zero-order valence-corrected chi connectivity index (χ0v) is 17.6. The van der Waals surface area contributed by atoms with E-state index in [4.69, 9.17) is 4.74 Å². The molecule has 1 atom stereocenters. The van der Waals surface area contributed by atoms with Crippen molar-refractivity contribution in [1.29, 1.82) is 0 Å². The number of benzene rings is 2. The van der Waals surface area contributed by atoms with Gasteiger partial charge in [-0.3, -0.25) is 4.79 Å². The Morgan fingerprint density at radius 3 is 2.45 bits per heavy atom. The summed E-state index contributed by atoms with van der Waals surface area (Å²) in [5.41, 5.74) is 2.20. The Morgan fingerprint density at radius 1 is 1.10 bits per heavy atom. The molecule has 0 saturated carbocycles. The fourth-order valence-corrected chi connectivity index (χ4v) is 3.34. The van der Waals surface area contributed by atoms with Gasteiger partial charge >= 0.3 is 5.97 Å². The van der Waals surface area contributed by atoms with Gasteiger partial charge in [-0.15, -0.1) is 0 Å². The maximum Gasteiger partial charge on any atom is 0.331 e. The maximum absolute atomic E-state index is 12.3. The van der Waals surface area contributed by atoms with Crippen molar-refractivity contribution in [2.75, 3.05) is 19.4 Å². The summed E-state index contributed by atoms with van der Waals surface area (Å²) in [4.78, 5) is 24.3. The van der Waals surface area contributed by atoms with Crippen LogP contribution in [0.15, 0.2) is 59.5 Å². The highest BCUT2D eigenvalue weighted by atomic mass is 32.2. The van der Waals surface area contributed by atoms with Gasteiger partial charge in [0.1, 0.15) is 0 Å². The SMILES string of the molecule is Cc1cccc(/C=C/C(=O)O[C@H](C)C(=O)Nc2cccc(S(=O)(=O)N(C)C)c2)c1. The molecule has 2 aromatic carbocycles. The highest BCUT2D eigenvalue weighted by Gasteiger charge is 2.20. The summed E-state index contributed by atoms with van der Waals surface area (Å²) in [7, 11) is -0.778. The first-order valence-corrected chi connectivity index (χ1v) is 10.3. The lowest BCUT2D eigenvalue weighted by molar-refractivity contribution is -0.148. The van der Waals surface area contributed by atoms with Gasteiger partial charge in [-0.05, 0) is 43.7 Å². The molecule has 0 aliphatic heterocycles. The fourth-order valence-electron chi connectivity index (χ4n) is 2.39. The van der Waals surface area contributed by atoms with Crippen molar-refractivity contribution < 1.29 is 22.7 Å². The smallest absolute Gasteiger partial charge is 0.331 e. The molecule has 2 aromatic rings. The molecule has 0 aliphatic carbocycles. The van der Waals surface area contributed by atoms with Crippen LogP contribution >= 0.6 is 0 Å². The molecular formula is C21H24N2O5S. The zero-order valence-electron chi connectivity index (χ0n) is 16.7. The molecule has 0 bridgehead atoms. The predicted molar refractivity (Wildman–Crippen MR) is 112 cm³/mol. The largest absolute Gasteiger partial charge is 0.449 e. The number of esters is 1. The van der Waals surface area contributed by atoms with Crippen LogP contribution in [-0.4, -0.2) is 44.8 Å². The Balaban J connectivity index is 1.99. The van der Waals surface area contributed by atoms with Crippen LogP contribution in [0, 0.1) is 6.92 Å². The van der Waals surface area contributed by atoms with Gasteiger partial charge in [-0.2, -0.15) is 0 Å². The molecule has 0 unspecified atom stereocenters. The van der Waals surface area contributed by atoms with Crippen molar-refractivity contribution in [2.45, 2.75) is 24.8 Å². The Morgan fingerprint density at radius 2 is 1.79 bits per heavy atom. The summed E-state index contributed by atoms with van der Waals surface area (Å²) in [5.74, 6) is -1.22. The molecule has 0 heterocycles. The first kappa shape index (κ1) is 22.3. The van der Waals surface area contributed by atoms with Gasteiger partial charge in [0.05, 0.1) is 4.90 Å². The molecule has 1 amide bonds. The van der Waals surface area contributed by atoms with Crippen molar-refractivity contribution in [3.63, 3.8) is 0 Å². The van der Waals surface area contributed by atoms with Crippen LogP contribution < -0.4 is 5.32 Å². The zero-order chi connectivity index (χ0) is 21.6. The number of hydrogen-bond donors (Lipinski definition) is 1. The number of hydrogen-bond acceptors (Lipinski definition) is 5. The van der Waals surface area contributed by atoms with Gasteiger partial charge < -0.3 is 10.1 Å². The number of nitrogens with zero attached hydrogens (tertiary/aromatic N) is 1. The van der Waals surface area contributed by atoms with Crippen LogP contribution in [0.1, 0.15) is 18.1 Å². The molecule has 0 aromatic heterocycles. The van der Waals surface area contributed by atoms with E-state index >= 15 is 0 Å². The third-order valence-electron chi connectivity index (χ3n) is 4.00. The van der Waals surface area contributed by atoms with E-state index in [9.17, 15) is 18.0 Å². The summed E-state index contributed by atoms with van der Waals surface area (Å²) < 4.78 is 30.6. The van der Waals surface area contributed by atoms with E-state index in [1.165, 1.54) is 45.3 Å². The Kier molecular flexibility index (Phi) is 7.30. The number of nitrogens with one attached hydrogen (secondary N) is 1. The summed E-state index contributed by atoms with van der Waals surface area (Å²) in [6, 6.07) is 13.4. The highest BCUT2D eigenvalue weighted by molar-refractivity contribution is 7.89. The lowest BCUT2D eigenvalue weighted by Gasteiger charge is -2.14. The quantitative estimate of drug-likeness (QED) is 0.553. The summed E-state index contributed by atoms with van der Waals surface area (Å²) >= 11 is 0. The van der Waals surface area contributed by atoms with Crippen LogP contribution in [0.3, 0.4) is 0 Å². The highest BCUT2D eigenvalue weighted by Crippen LogP contribution is 2.18. The molecule has 1 N–H and O–H groups in total. The maximum atomic E-state index is 12.3. The number of sulfonamides is 1. The van der Waals surface area contributed by atoms with E-state index in [1.54, 1.807) is 12.1 Å². The molecule has 29 heavy (non-hydrogen) atoms. The van der Waals surface area contributed by atoms with Gasteiger partial charge in [-0.25, -0.2) is 17.5 Å². The Bertz CT molecular complexity index is 1030. The molecule has 0 spiro atoms. The minimum absolute atomic E-state index is 0.0473. The summed E-state index contributed by atoms with van der Waals surface area (Å²) in [6.07, 6.45) is 1.80. The minimum atomic E-state index is -3.62. The number of ether oxygens (including phenoxy) is 1. The molecule has 2 rings (SSSR count). The van der Waals surface area contributed by atoms with Crippen molar-refractivity contribution in [3.05, 3.63) is 65.7 Å². The van der Waals surface area contributed by atoms with Gasteiger partial charge in [-0.1, -0.05) is 35.9 Å². The molecule has 154 valence electrons.